The first-order valence-corrected chi connectivity index (χ1v) is 11.0. The Labute approximate surface area is 176 Å². The number of hydrogen-bond acceptors (Lipinski definition) is 7. The molecule has 0 aliphatic carbocycles. The molecule has 0 fully saturated rings. The molecule has 0 radical (unpaired) electrons. The Balaban J connectivity index is 1.63. The number of thiophene rings is 1. The predicted molar refractivity (Wildman–Crippen MR) is 116 cm³/mol. The molecule has 0 amide bonds. The number of benzene rings is 1. The number of aryl methyl sites for hydroxylation is 1. The normalized spacial score (nSPS) is 11.5. The van der Waals surface area contributed by atoms with Crippen LogP contribution >= 0.6 is 23.1 Å². The van der Waals surface area contributed by atoms with Crippen molar-refractivity contribution in [1.29, 1.82) is 0 Å². The first kappa shape index (κ1) is 19.7. The second kappa shape index (κ2) is 8.00. The van der Waals surface area contributed by atoms with Gasteiger partial charge in [-0.1, -0.05) is 30.0 Å². The molecular weight excluding hydrogens is 406 g/mol. The van der Waals surface area contributed by atoms with Gasteiger partial charge in [-0.2, -0.15) is 5.10 Å². The van der Waals surface area contributed by atoms with E-state index in [0.29, 0.717) is 5.16 Å². The van der Waals surface area contributed by atoms with Crippen molar-refractivity contribution in [3.63, 3.8) is 0 Å². The molecule has 4 aromatic rings. The Kier molecular flexibility index (Phi) is 5.42. The predicted octanol–water partition coefficient (Wildman–Crippen LogP) is 4.23. The molecule has 3 heterocycles. The highest BCUT2D eigenvalue weighted by Crippen LogP contribution is 2.36. The van der Waals surface area contributed by atoms with Crippen molar-refractivity contribution < 1.29 is 9.53 Å². The van der Waals surface area contributed by atoms with Crippen LogP contribution in [0.3, 0.4) is 0 Å². The number of rotatable bonds is 6. The van der Waals surface area contributed by atoms with Crippen LogP contribution < -0.4 is 0 Å². The van der Waals surface area contributed by atoms with Gasteiger partial charge in [0.25, 0.3) is 0 Å². The van der Waals surface area contributed by atoms with Gasteiger partial charge in [0.2, 0.25) is 0 Å². The lowest BCUT2D eigenvalue weighted by molar-refractivity contribution is -0.144. The Morgan fingerprint density at radius 3 is 2.72 bits per heavy atom. The summed E-state index contributed by atoms with van der Waals surface area (Å²) in [5.74, 6) is 0.721. The van der Waals surface area contributed by atoms with Crippen LogP contribution in [0.1, 0.15) is 19.5 Å². The fourth-order valence-corrected chi connectivity index (χ4v) is 4.87. The molecule has 0 unspecified atom stereocenters. The number of aromatic nitrogens is 5. The Bertz CT molecular complexity index is 1160. The van der Waals surface area contributed by atoms with E-state index in [1.165, 1.54) is 11.8 Å². The van der Waals surface area contributed by atoms with Crippen molar-refractivity contribution in [1.82, 2.24) is 24.5 Å². The maximum Gasteiger partial charge on any atom is 0.316 e. The molecule has 0 bridgehead atoms. The van der Waals surface area contributed by atoms with Gasteiger partial charge < -0.3 is 9.30 Å². The van der Waals surface area contributed by atoms with E-state index in [4.69, 9.17) is 4.74 Å². The van der Waals surface area contributed by atoms with Crippen LogP contribution in [0.2, 0.25) is 0 Å². The lowest BCUT2D eigenvalue weighted by atomic mass is 10.3. The van der Waals surface area contributed by atoms with Crippen LogP contribution in [0.25, 0.3) is 26.6 Å². The van der Waals surface area contributed by atoms with Crippen molar-refractivity contribution in [3.8, 4) is 16.4 Å². The van der Waals surface area contributed by atoms with Crippen molar-refractivity contribution in [3.05, 3.63) is 42.1 Å². The smallest absolute Gasteiger partial charge is 0.316 e. The fourth-order valence-electron chi connectivity index (χ4n) is 2.98. The maximum atomic E-state index is 11.8. The van der Waals surface area contributed by atoms with Crippen LogP contribution in [-0.2, 0) is 16.6 Å². The zero-order valence-electron chi connectivity index (χ0n) is 16.6. The van der Waals surface area contributed by atoms with Gasteiger partial charge in [-0.25, -0.2) is 4.68 Å². The number of para-hydroxylation sites is 1. The molecule has 0 saturated heterocycles. The summed E-state index contributed by atoms with van der Waals surface area (Å²) in [6.45, 7) is 5.68. The summed E-state index contributed by atoms with van der Waals surface area (Å²) >= 11 is 2.96. The van der Waals surface area contributed by atoms with Gasteiger partial charge in [0.05, 0.1) is 28.1 Å². The van der Waals surface area contributed by atoms with Crippen molar-refractivity contribution >= 4 is 39.3 Å². The number of fused-ring (bicyclic) bond motifs is 1. The van der Waals surface area contributed by atoms with Crippen LogP contribution in [0.5, 0.6) is 0 Å². The molecule has 7 nitrogen and oxygen atoms in total. The van der Waals surface area contributed by atoms with E-state index < -0.39 is 0 Å². The van der Waals surface area contributed by atoms with Crippen LogP contribution in [0.15, 0.2) is 41.6 Å². The van der Waals surface area contributed by atoms with Gasteiger partial charge in [0, 0.05) is 12.4 Å². The summed E-state index contributed by atoms with van der Waals surface area (Å²) in [4.78, 5) is 13.9. The summed E-state index contributed by atoms with van der Waals surface area (Å²) < 4.78 is 9.05. The number of esters is 1. The Morgan fingerprint density at radius 2 is 2.00 bits per heavy atom. The number of carbonyl (C=O) groups excluding carboxylic acids is 1. The number of thioether (sulfide) groups is 1. The average molecular weight is 428 g/mol. The Hall–Kier alpha value is -2.65. The molecule has 1 aromatic carbocycles. The summed E-state index contributed by atoms with van der Waals surface area (Å²) in [7, 11) is 1.91. The quantitative estimate of drug-likeness (QED) is 0.339. The lowest BCUT2D eigenvalue weighted by Gasteiger charge is -2.07. The van der Waals surface area contributed by atoms with Gasteiger partial charge in [0.15, 0.2) is 11.0 Å². The molecule has 0 atom stereocenters. The van der Waals surface area contributed by atoms with E-state index >= 15 is 0 Å². The molecule has 3 aromatic heterocycles. The largest absolute Gasteiger partial charge is 0.462 e. The average Bonchev–Trinajstić information content (AvgIpc) is 3.35. The van der Waals surface area contributed by atoms with E-state index in [0.717, 1.165) is 32.3 Å². The highest BCUT2D eigenvalue weighted by molar-refractivity contribution is 7.99. The number of hydrogen-bond donors (Lipinski definition) is 0. The van der Waals surface area contributed by atoms with Gasteiger partial charge >= 0.3 is 5.97 Å². The number of nitrogens with zero attached hydrogens (tertiary/aromatic N) is 5. The molecule has 0 spiro atoms. The van der Waals surface area contributed by atoms with Crippen LogP contribution in [-0.4, -0.2) is 42.4 Å². The molecule has 29 heavy (non-hydrogen) atoms. The first-order valence-electron chi connectivity index (χ1n) is 9.20. The molecule has 0 aliphatic heterocycles. The number of carbonyl (C=O) groups is 1. The molecule has 9 heteroatoms. The SMILES string of the molecule is Cc1nn(-c2ccccc2)c2sc(-c3nnc(SCC(=O)OC(C)C)n3C)cc12. The topological polar surface area (TPSA) is 74.8 Å². The molecule has 0 aliphatic rings. The van der Waals surface area contributed by atoms with Gasteiger partial charge in [0.1, 0.15) is 4.83 Å². The molecule has 0 saturated carbocycles. The highest BCUT2D eigenvalue weighted by Gasteiger charge is 2.19. The van der Waals surface area contributed by atoms with Crippen LogP contribution in [0, 0.1) is 6.92 Å². The molecule has 150 valence electrons. The minimum Gasteiger partial charge on any atom is -0.462 e. The summed E-state index contributed by atoms with van der Waals surface area (Å²) in [6.07, 6.45) is -0.121. The van der Waals surface area contributed by atoms with Gasteiger partial charge in [-0.15, -0.1) is 21.5 Å². The van der Waals surface area contributed by atoms with E-state index in [2.05, 4.69) is 21.4 Å². The van der Waals surface area contributed by atoms with Crippen molar-refractivity contribution in [2.45, 2.75) is 32.0 Å². The second-order valence-electron chi connectivity index (χ2n) is 6.85. The fraction of sp³-hybridized carbons (Fsp3) is 0.300. The standard InChI is InChI=1S/C20H21N5O2S2/c1-12(2)27-17(26)11-28-20-22-21-18(24(20)4)16-10-15-13(3)23-25(19(15)29-16)14-8-6-5-7-9-14/h5-10,12H,11H2,1-4H3. The third kappa shape index (κ3) is 3.92. The van der Waals surface area contributed by atoms with Gasteiger partial charge in [-0.05, 0) is 39.0 Å². The molecule has 0 N–H and O–H groups in total. The maximum absolute atomic E-state index is 11.8. The summed E-state index contributed by atoms with van der Waals surface area (Å²) in [6, 6.07) is 12.2. The minimum absolute atomic E-state index is 0.121. The monoisotopic (exact) mass is 427 g/mol. The Morgan fingerprint density at radius 1 is 1.24 bits per heavy atom. The number of ether oxygens (including phenoxy) is 1. The van der Waals surface area contributed by atoms with Crippen molar-refractivity contribution in [2.75, 3.05) is 5.75 Å². The van der Waals surface area contributed by atoms with E-state index in [1.807, 2.05) is 67.4 Å². The van der Waals surface area contributed by atoms with E-state index in [9.17, 15) is 4.79 Å². The zero-order valence-corrected chi connectivity index (χ0v) is 18.3. The highest BCUT2D eigenvalue weighted by atomic mass is 32.2. The lowest BCUT2D eigenvalue weighted by Crippen LogP contribution is -2.13. The molecule has 4 rings (SSSR count). The van der Waals surface area contributed by atoms with Crippen LogP contribution in [0.4, 0.5) is 0 Å². The van der Waals surface area contributed by atoms with Gasteiger partial charge in [-0.3, -0.25) is 4.79 Å². The third-order valence-electron chi connectivity index (χ3n) is 4.29. The summed E-state index contributed by atoms with van der Waals surface area (Å²) in [5.41, 5.74) is 2.00. The molecular formula is C20H21N5O2S2. The van der Waals surface area contributed by atoms with E-state index in [1.54, 1.807) is 11.3 Å². The zero-order chi connectivity index (χ0) is 20.5. The third-order valence-corrected chi connectivity index (χ3v) is 6.39. The van der Waals surface area contributed by atoms with Crippen molar-refractivity contribution in [2.24, 2.45) is 7.05 Å². The minimum atomic E-state index is -0.255. The van der Waals surface area contributed by atoms with E-state index in [-0.39, 0.29) is 17.8 Å². The second-order valence-corrected chi connectivity index (χ2v) is 8.83. The first-order chi connectivity index (χ1) is 13.9. The summed E-state index contributed by atoms with van der Waals surface area (Å²) in [5, 5.41) is 15.1.